The van der Waals surface area contributed by atoms with E-state index in [1.165, 1.54) is 43.4 Å². The van der Waals surface area contributed by atoms with Crippen molar-refractivity contribution in [2.75, 3.05) is 6.54 Å². The summed E-state index contributed by atoms with van der Waals surface area (Å²) in [6.45, 7) is 3.29. The molecule has 2 aliphatic carbocycles. The van der Waals surface area contributed by atoms with E-state index in [0.29, 0.717) is 6.04 Å². The second-order valence-corrected chi connectivity index (χ2v) is 6.66. The predicted molar refractivity (Wildman–Crippen MR) is 84.3 cm³/mol. The van der Waals surface area contributed by atoms with Gasteiger partial charge in [0.2, 0.25) is 0 Å². The van der Waals surface area contributed by atoms with Crippen molar-refractivity contribution in [2.45, 2.75) is 82.9 Å². The molecule has 1 saturated carbocycles. The van der Waals surface area contributed by atoms with Gasteiger partial charge in [-0.2, -0.15) is 5.10 Å². The van der Waals surface area contributed by atoms with Crippen molar-refractivity contribution >= 4 is 0 Å². The average Bonchev–Trinajstić information content (AvgIpc) is 2.80. The van der Waals surface area contributed by atoms with Crippen molar-refractivity contribution in [3.8, 4) is 0 Å². The third-order valence-electron chi connectivity index (χ3n) is 5.11. The molecular weight excluding hydrogens is 262 g/mol. The summed E-state index contributed by atoms with van der Waals surface area (Å²) in [5, 5.41) is 18.7. The van der Waals surface area contributed by atoms with E-state index in [4.69, 9.17) is 0 Å². The molecule has 3 atom stereocenters. The van der Waals surface area contributed by atoms with Gasteiger partial charge in [0, 0.05) is 17.3 Å². The van der Waals surface area contributed by atoms with Crippen LogP contribution in [0.5, 0.6) is 0 Å². The molecule has 1 aromatic heterocycles. The Morgan fingerprint density at radius 2 is 2.05 bits per heavy atom. The van der Waals surface area contributed by atoms with Crippen LogP contribution in [-0.4, -0.2) is 27.5 Å². The first-order valence-corrected chi connectivity index (χ1v) is 8.79. The van der Waals surface area contributed by atoms with Crippen LogP contribution in [0.2, 0.25) is 0 Å². The van der Waals surface area contributed by atoms with Gasteiger partial charge in [0.25, 0.3) is 0 Å². The Bertz CT molecular complexity index is 457. The third kappa shape index (κ3) is 3.16. The fraction of sp³-hybridized carbons (Fsp3) is 0.824. The van der Waals surface area contributed by atoms with Crippen LogP contribution in [0, 0.1) is 0 Å². The molecule has 2 aliphatic rings. The predicted octanol–water partition coefficient (Wildman–Crippen LogP) is 3.13. The standard InChI is InChI=1S/C17H29N3O/c1-2-11-18-14-7-3-4-8-15-13(14)12-19-20(15)16-9-5-6-10-17(16)21/h12,14,16-18,21H,2-11H2,1H3. The summed E-state index contributed by atoms with van der Waals surface area (Å²) in [7, 11) is 0. The Labute approximate surface area is 127 Å². The Kier molecular flexibility index (Phi) is 4.96. The largest absolute Gasteiger partial charge is 0.391 e. The maximum Gasteiger partial charge on any atom is 0.0781 e. The molecule has 0 saturated heterocycles. The molecule has 118 valence electrons. The number of fused-ring (bicyclic) bond motifs is 1. The first-order chi connectivity index (χ1) is 10.3. The van der Waals surface area contributed by atoms with Gasteiger partial charge in [-0.25, -0.2) is 0 Å². The minimum absolute atomic E-state index is 0.201. The van der Waals surface area contributed by atoms with Gasteiger partial charge in [0.05, 0.1) is 18.3 Å². The molecule has 3 rings (SSSR count). The normalized spacial score (nSPS) is 29.9. The van der Waals surface area contributed by atoms with E-state index in [1.54, 1.807) is 0 Å². The van der Waals surface area contributed by atoms with Crippen molar-refractivity contribution in [3.05, 3.63) is 17.5 Å². The van der Waals surface area contributed by atoms with E-state index >= 15 is 0 Å². The Hall–Kier alpha value is -0.870. The van der Waals surface area contributed by atoms with Gasteiger partial charge < -0.3 is 10.4 Å². The number of aliphatic hydroxyl groups is 1. The number of rotatable bonds is 4. The van der Waals surface area contributed by atoms with Gasteiger partial charge >= 0.3 is 0 Å². The molecule has 3 unspecified atom stereocenters. The molecule has 1 aromatic rings. The molecule has 0 aromatic carbocycles. The van der Waals surface area contributed by atoms with Gasteiger partial charge in [0.15, 0.2) is 0 Å². The molecule has 0 radical (unpaired) electrons. The fourth-order valence-corrected chi connectivity index (χ4v) is 3.94. The second kappa shape index (κ2) is 6.93. The number of nitrogens with one attached hydrogen (secondary N) is 1. The number of nitrogens with zero attached hydrogens (tertiary/aromatic N) is 2. The highest BCUT2D eigenvalue weighted by Gasteiger charge is 2.30. The zero-order valence-electron chi connectivity index (χ0n) is 13.2. The van der Waals surface area contributed by atoms with Crippen molar-refractivity contribution < 1.29 is 5.11 Å². The van der Waals surface area contributed by atoms with Crippen LogP contribution in [0.25, 0.3) is 0 Å². The maximum atomic E-state index is 10.3. The van der Waals surface area contributed by atoms with Crippen molar-refractivity contribution in [1.29, 1.82) is 0 Å². The van der Waals surface area contributed by atoms with Crippen LogP contribution >= 0.6 is 0 Å². The summed E-state index contributed by atoms with van der Waals surface area (Å²) in [5.41, 5.74) is 2.77. The minimum Gasteiger partial charge on any atom is -0.391 e. The highest BCUT2D eigenvalue weighted by Crippen LogP contribution is 2.34. The molecule has 4 heteroatoms. The van der Waals surface area contributed by atoms with Crippen molar-refractivity contribution in [3.63, 3.8) is 0 Å². The summed E-state index contributed by atoms with van der Waals surface area (Å²) in [4.78, 5) is 0. The van der Waals surface area contributed by atoms with Gasteiger partial charge in [-0.15, -0.1) is 0 Å². The Morgan fingerprint density at radius 1 is 1.24 bits per heavy atom. The zero-order valence-corrected chi connectivity index (χ0v) is 13.2. The molecule has 0 spiro atoms. The maximum absolute atomic E-state index is 10.3. The summed E-state index contributed by atoms with van der Waals surface area (Å²) >= 11 is 0. The second-order valence-electron chi connectivity index (χ2n) is 6.66. The molecule has 0 aliphatic heterocycles. The third-order valence-corrected chi connectivity index (χ3v) is 5.11. The quantitative estimate of drug-likeness (QED) is 0.838. The zero-order chi connectivity index (χ0) is 14.7. The lowest BCUT2D eigenvalue weighted by atomic mass is 9.92. The van der Waals surface area contributed by atoms with Crippen LogP contribution in [0.1, 0.15) is 81.6 Å². The lowest BCUT2D eigenvalue weighted by Gasteiger charge is -2.29. The van der Waals surface area contributed by atoms with E-state index in [0.717, 1.165) is 32.2 Å². The number of hydrogen-bond donors (Lipinski definition) is 2. The molecule has 0 amide bonds. The SMILES string of the molecule is CCCNC1CCCCc2c1cnn2C1CCCCC1O. The first kappa shape index (κ1) is 15.0. The van der Waals surface area contributed by atoms with Crippen molar-refractivity contribution in [2.24, 2.45) is 0 Å². The first-order valence-electron chi connectivity index (χ1n) is 8.79. The molecule has 21 heavy (non-hydrogen) atoms. The highest BCUT2D eigenvalue weighted by molar-refractivity contribution is 5.24. The summed E-state index contributed by atoms with van der Waals surface area (Å²) in [5.74, 6) is 0. The number of aliphatic hydroxyl groups excluding tert-OH is 1. The van der Waals surface area contributed by atoms with Gasteiger partial charge in [-0.1, -0.05) is 26.2 Å². The van der Waals surface area contributed by atoms with Crippen LogP contribution in [-0.2, 0) is 6.42 Å². The molecule has 1 heterocycles. The summed E-state index contributed by atoms with van der Waals surface area (Å²) in [6, 6.07) is 0.657. The van der Waals surface area contributed by atoms with Crippen LogP contribution in [0.3, 0.4) is 0 Å². The molecule has 1 fully saturated rings. The molecular formula is C17H29N3O. The average molecular weight is 291 g/mol. The molecule has 2 N–H and O–H groups in total. The molecule has 0 bridgehead atoms. The van der Waals surface area contributed by atoms with Crippen LogP contribution in [0.15, 0.2) is 6.20 Å². The van der Waals surface area contributed by atoms with Gasteiger partial charge in [-0.05, 0) is 45.1 Å². The lowest BCUT2D eigenvalue weighted by Crippen LogP contribution is -2.29. The van der Waals surface area contributed by atoms with Gasteiger partial charge in [0.1, 0.15) is 0 Å². The lowest BCUT2D eigenvalue weighted by molar-refractivity contribution is 0.0679. The highest BCUT2D eigenvalue weighted by atomic mass is 16.3. The van der Waals surface area contributed by atoms with E-state index in [9.17, 15) is 5.11 Å². The van der Waals surface area contributed by atoms with E-state index in [1.807, 2.05) is 0 Å². The van der Waals surface area contributed by atoms with E-state index in [2.05, 4.69) is 28.2 Å². The topological polar surface area (TPSA) is 50.1 Å². The minimum atomic E-state index is -0.215. The number of hydrogen-bond acceptors (Lipinski definition) is 3. The van der Waals surface area contributed by atoms with Crippen molar-refractivity contribution in [1.82, 2.24) is 15.1 Å². The van der Waals surface area contributed by atoms with Crippen LogP contribution in [0.4, 0.5) is 0 Å². The molecule has 4 nitrogen and oxygen atoms in total. The van der Waals surface area contributed by atoms with E-state index < -0.39 is 0 Å². The monoisotopic (exact) mass is 291 g/mol. The summed E-state index contributed by atoms with van der Waals surface area (Å²) < 4.78 is 2.17. The van der Waals surface area contributed by atoms with E-state index in [-0.39, 0.29) is 12.1 Å². The Balaban J connectivity index is 1.85. The number of aromatic nitrogens is 2. The smallest absolute Gasteiger partial charge is 0.0781 e. The fourth-order valence-electron chi connectivity index (χ4n) is 3.94. The van der Waals surface area contributed by atoms with Crippen LogP contribution < -0.4 is 5.32 Å². The Morgan fingerprint density at radius 3 is 2.86 bits per heavy atom. The van der Waals surface area contributed by atoms with Gasteiger partial charge in [-0.3, -0.25) is 4.68 Å². The summed E-state index contributed by atoms with van der Waals surface area (Å²) in [6.07, 6.45) is 12.2.